The Balaban J connectivity index is 1.66. The lowest BCUT2D eigenvalue weighted by atomic mass is 10.1. The molecule has 0 spiro atoms. The van der Waals surface area contributed by atoms with Crippen molar-refractivity contribution in [1.29, 1.82) is 0 Å². The summed E-state index contributed by atoms with van der Waals surface area (Å²) in [7, 11) is 1.54. The fraction of sp³-hybridized carbons (Fsp3) is 0.200. The molecule has 140 valence electrons. The zero-order valence-corrected chi connectivity index (χ0v) is 14.7. The molecule has 0 bridgehead atoms. The number of pyridine rings is 1. The lowest BCUT2D eigenvalue weighted by molar-refractivity contribution is 0.0950. The first-order valence-corrected chi connectivity index (χ1v) is 8.46. The first-order chi connectivity index (χ1) is 13.0. The maximum absolute atomic E-state index is 13.1. The molecule has 6 nitrogen and oxygen atoms in total. The third kappa shape index (κ3) is 3.92. The molecule has 1 amide bonds. The van der Waals surface area contributed by atoms with Crippen LogP contribution >= 0.6 is 0 Å². The van der Waals surface area contributed by atoms with Gasteiger partial charge in [0.2, 0.25) is 0 Å². The van der Waals surface area contributed by atoms with Crippen molar-refractivity contribution >= 4 is 16.8 Å². The van der Waals surface area contributed by atoms with Crippen molar-refractivity contribution in [2.75, 3.05) is 13.2 Å². The van der Waals surface area contributed by atoms with Crippen LogP contribution in [-0.2, 0) is 7.05 Å². The normalized spacial score (nSPS) is 10.7. The number of hydrogen-bond acceptors (Lipinski definition) is 4. The van der Waals surface area contributed by atoms with Gasteiger partial charge < -0.3 is 19.7 Å². The van der Waals surface area contributed by atoms with Gasteiger partial charge in [-0.25, -0.2) is 4.39 Å². The smallest absolute Gasteiger partial charge is 0.293 e. The number of aryl methyl sites for hydroxylation is 1. The van der Waals surface area contributed by atoms with Crippen molar-refractivity contribution < 1.29 is 19.0 Å². The Kier molecular flexibility index (Phi) is 5.40. The Morgan fingerprint density at radius 2 is 2.00 bits per heavy atom. The summed E-state index contributed by atoms with van der Waals surface area (Å²) >= 11 is 0. The van der Waals surface area contributed by atoms with Crippen LogP contribution in [0.5, 0.6) is 11.5 Å². The molecule has 0 fully saturated rings. The summed E-state index contributed by atoms with van der Waals surface area (Å²) < 4.78 is 19.8. The van der Waals surface area contributed by atoms with E-state index in [-0.39, 0.29) is 24.5 Å². The number of fused-ring (bicyclic) bond motifs is 1. The molecule has 1 aromatic heterocycles. The van der Waals surface area contributed by atoms with Gasteiger partial charge in [-0.3, -0.25) is 9.59 Å². The van der Waals surface area contributed by atoms with Crippen molar-refractivity contribution in [3.05, 3.63) is 70.3 Å². The number of amides is 1. The number of benzene rings is 2. The van der Waals surface area contributed by atoms with Gasteiger partial charge in [0, 0.05) is 25.0 Å². The molecule has 0 atom stereocenters. The Labute approximate surface area is 154 Å². The maximum atomic E-state index is 13.1. The summed E-state index contributed by atoms with van der Waals surface area (Å²) in [4.78, 5) is 24.7. The number of halogens is 1. The van der Waals surface area contributed by atoms with E-state index in [0.717, 1.165) is 0 Å². The largest absolute Gasteiger partial charge is 0.502 e. The van der Waals surface area contributed by atoms with E-state index >= 15 is 0 Å². The Hall–Kier alpha value is -3.35. The van der Waals surface area contributed by atoms with Gasteiger partial charge in [0.25, 0.3) is 11.5 Å². The number of hydrogen-bond donors (Lipinski definition) is 2. The highest BCUT2D eigenvalue weighted by atomic mass is 19.1. The van der Waals surface area contributed by atoms with E-state index in [4.69, 9.17) is 4.74 Å². The zero-order chi connectivity index (χ0) is 19.4. The highest BCUT2D eigenvalue weighted by Crippen LogP contribution is 2.23. The van der Waals surface area contributed by atoms with Crippen LogP contribution in [0.15, 0.2) is 53.3 Å². The van der Waals surface area contributed by atoms with Crippen LogP contribution in [0, 0.1) is 5.82 Å². The molecule has 3 rings (SSSR count). The Morgan fingerprint density at radius 3 is 2.78 bits per heavy atom. The van der Waals surface area contributed by atoms with Gasteiger partial charge in [0.1, 0.15) is 11.6 Å². The minimum atomic E-state index is -0.631. The number of aromatic nitrogens is 1. The second-order valence-corrected chi connectivity index (χ2v) is 6.02. The van der Waals surface area contributed by atoms with Crippen molar-refractivity contribution in [2.45, 2.75) is 6.42 Å². The van der Waals surface area contributed by atoms with Crippen LogP contribution in [0.25, 0.3) is 10.9 Å². The van der Waals surface area contributed by atoms with Gasteiger partial charge in [0.15, 0.2) is 5.75 Å². The first kappa shape index (κ1) is 18.4. The molecule has 1 heterocycles. The number of rotatable bonds is 6. The number of ether oxygens (including phenoxy) is 1. The Bertz CT molecular complexity index is 1050. The summed E-state index contributed by atoms with van der Waals surface area (Å²) in [6.45, 7) is 0.560. The van der Waals surface area contributed by atoms with E-state index in [0.29, 0.717) is 23.1 Å². The van der Waals surface area contributed by atoms with Crippen LogP contribution in [0.4, 0.5) is 4.39 Å². The summed E-state index contributed by atoms with van der Waals surface area (Å²) in [5.74, 6) is -1.08. The third-order valence-electron chi connectivity index (χ3n) is 4.18. The molecule has 2 N–H and O–H groups in total. The average Bonchev–Trinajstić information content (AvgIpc) is 2.66. The molecule has 0 radical (unpaired) electrons. The van der Waals surface area contributed by atoms with E-state index < -0.39 is 17.2 Å². The van der Waals surface area contributed by atoms with E-state index in [2.05, 4.69) is 5.32 Å². The number of nitrogens with one attached hydrogen (secondary N) is 1. The van der Waals surface area contributed by atoms with Crippen molar-refractivity contribution in [2.24, 2.45) is 7.05 Å². The number of aromatic hydroxyl groups is 1. The van der Waals surface area contributed by atoms with E-state index in [1.54, 1.807) is 36.4 Å². The topological polar surface area (TPSA) is 80.6 Å². The minimum absolute atomic E-state index is 0.0419. The zero-order valence-electron chi connectivity index (χ0n) is 14.7. The van der Waals surface area contributed by atoms with E-state index in [9.17, 15) is 19.1 Å². The summed E-state index contributed by atoms with van der Waals surface area (Å²) in [5.41, 5.74) is -0.118. The van der Waals surface area contributed by atoms with Gasteiger partial charge in [-0.2, -0.15) is 0 Å². The summed E-state index contributed by atoms with van der Waals surface area (Å²) in [5, 5.41) is 13.3. The number of nitrogens with zero attached hydrogens (tertiary/aromatic N) is 1. The molecule has 0 saturated heterocycles. The van der Waals surface area contributed by atoms with Crippen LogP contribution in [0.2, 0.25) is 0 Å². The molecular formula is C20H19FN2O4. The standard InChI is InChI=1S/C20H19FN2O4/c1-23-16-9-3-2-8-15(16)17(18(24)20(23)26)19(25)22-10-5-11-27-14-7-4-6-13(21)12-14/h2-4,6-9,12,24H,5,10-11H2,1H3,(H,22,25). The quantitative estimate of drug-likeness (QED) is 0.654. The van der Waals surface area contributed by atoms with E-state index in [1.807, 2.05) is 0 Å². The summed E-state index contributed by atoms with van der Waals surface area (Å²) in [6.07, 6.45) is 0.478. The van der Waals surface area contributed by atoms with Crippen LogP contribution in [0.3, 0.4) is 0 Å². The van der Waals surface area contributed by atoms with Crippen LogP contribution in [0.1, 0.15) is 16.8 Å². The van der Waals surface area contributed by atoms with Crippen LogP contribution < -0.4 is 15.6 Å². The number of carbonyl (C=O) groups excluding carboxylic acids is 1. The first-order valence-electron chi connectivity index (χ1n) is 8.46. The molecular weight excluding hydrogens is 351 g/mol. The molecule has 27 heavy (non-hydrogen) atoms. The fourth-order valence-corrected chi connectivity index (χ4v) is 2.82. The minimum Gasteiger partial charge on any atom is -0.502 e. The molecule has 2 aromatic carbocycles. The molecule has 0 saturated carbocycles. The van der Waals surface area contributed by atoms with Gasteiger partial charge in [-0.05, 0) is 24.6 Å². The van der Waals surface area contributed by atoms with Crippen LogP contribution in [-0.4, -0.2) is 28.7 Å². The van der Waals surface area contributed by atoms with Crippen molar-refractivity contribution in [3.63, 3.8) is 0 Å². The van der Waals surface area contributed by atoms with Gasteiger partial charge >= 0.3 is 0 Å². The predicted molar refractivity (Wildman–Crippen MR) is 99.7 cm³/mol. The highest BCUT2D eigenvalue weighted by Gasteiger charge is 2.19. The fourth-order valence-electron chi connectivity index (χ4n) is 2.82. The molecule has 0 aliphatic carbocycles. The van der Waals surface area contributed by atoms with Crippen molar-refractivity contribution in [1.82, 2.24) is 9.88 Å². The van der Waals surface area contributed by atoms with Crippen molar-refractivity contribution in [3.8, 4) is 11.5 Å². The van der Waals surface area contributed by atoms with Gasteiger partial charge in [0.05, 0.1) is 17.7 Å². The third-order valence-corrected chi connectivity index (χ3v) is 4.18. The molecule has 0 unspecified atom stereocenters. The molecule has 0 aliphatic heterocycles. The van der Waals surface area contributed by atoms with E-state index in [1.165, 1.54) is 23.7 Å². The lowest BCUT2D eigenvalue weighted by Gasteiger charge is -2.12. The van der Waals surface area contributed by atoms with Gasteiger partial charge in [-0.15, -0.1) is 0 Å². The summed E-state index contributed by atoms with van der Waals surface area (Å²) in [6, 6.07) is 12.7. The average molecular weight is 370 g/mol. The molecule has 7 heteroatoms. The Morgan fingerprint density at radius 1 is 1.22 bits per heavy atom. The number of carbonyl (C=O) groups is 1. The second kappa shape index (κ2) is 7.90. The molecule has 0 aliphatic rings. The predicted octanol–water partition coefficient (Wildman–Crippen LogP) is 2.58. The monoisotopic (exact) mass is 370 g/mol. The maximum Gasteiger partial charge on any atom is 0.293 e. The second-order valence-electron chi connectivity index (χ2n) is 6.02. The number of para-hydroxylation sites is 1. The molecule has 3 aromatic rings. The van der Waals surface area contributed by atoms with Gasteiger partial charge in [-0.1, -0.05) is 24.3 Å². The highest BCUT2D eigenvalue weighted by molar-refractivity contribution is 6.08. The SMILES string of the molecule is Cn1c(=O)c(O)c(C(=O)NCCCOc2cccc(F)c2)c2ccccc21. The lowest BCUT2D eigenvalue weighted by Crippen LogP contribution is -2.28.